The summed E-state index contributed by atoms with van der Waals surface area (Å²) in [7, 11) is 3.50. The van der Waals surface area contributed by atoms with E-state index in [0.717, 1.165) is 16.9 Å². The molecular weight excluding hydrogens is 356 g/mol. The highest BCUT2D eigenvalue weighted by atomic mass is 16.5. The zero-order valence-corrected chi connectivity index (χ0v) is 16.8. The van der Waals surface area contributed by atoms with Crippen molar-refractivity contribution in [2.75, 3.05) is 32.1 Å². The van der Waals surface area contributed by atoms with Crippen LogP contribution in [0.3, 0.4) is 0 Å². The molecule has 0 saturated carbocycles. The van der Waals surface area contributed by atoms with E-state index < -0.39 is 0 Å². The number of hydrogen-bond acceptors (Lipinski definition) is 6. The van der Waals surface area contributed by atoms with Gasteiger partial charge in [-0.05, 0) is 19.9 Å². The summed E-state index contributed by atoms with van der Waals surface area (Å²) in [5.74, 6) is 0.175. The Hall–Kier alpha value is -2.92. The molecule has 0 aromatic carbocycles. The molecule has 1 fully saturated rings. The van der Waals surface area contributed by atoms with Gasteiger partial charge in [-0.3, -0.25) is 14.5 Å². The first kappa shape index (κ1) is 19.8. The van der Waals surface area contributed by atoms with Crippen molar-refractivity contribution in [1.29, 1.82) is 5.26 Å². The Labute approximate surface area is 165 Å². The molecule has 1 saturated heterocycles. The smallest absolute Gasteiger partial charge is 0.223 e. The van der Waals surface area contributed by atoms with Crippen molar-refractivity contribution in [2.24, 2.45) is 13.0 Å². The normalized spacial score (nSPS) is 19.1. The molecule has 1 amide bonds. The maximum Gasteiger partial charge on any atom is 0.223 e. The third-order valence-corrected chi connectivity index (χ3v) is 5.14. The number of anilines is 1. The minimum Gasteiger partial charge on any atom is -0.383 e. The van der Waals surface area contributed by atoms with Gasteiger partial charge in [-0.25, -0.2) is 0 Å². The third kappa shape index (κ3) is 3.99. The van der Waals surface area contributed by atoms with Gasteiger partial charge in [0.15, 0.2) is 0 Å². The van der Waals surface area contributed by atoms with Crippen LogP contribution in [-0.2, 0) is 16.6 Å². The maximum absolute atomic E-state index is 12.7. The molecule has 2 aromatic heterocycles. The van der Waals surface area contributed by atoms with Crippen LogP contribution < -0.4 is 5.32 Å². The second kappa shape index (κ2) is 8.40. The average molecular weight is 382 g/mol. The number of nitrogens with zero attached hydrogens (tertiary/aromatic N) is 5. The van der Waals surface area contributed by atoms with Gasteiger partial charge in [0.2, 0.25) is 5.91 Å². The van der Waals surface area contributed by atoms with Crippen molar-refractivity contribution >= 4 is 11.6 Å². The number of aromatic nitrogens is 3. The van der Waals surface area contributed by atoms with Gasteiger partial charge in [-0.2, -0.15) is 10.4 Å². The molecular formula is C20H26N6O2. The quantitative estimate of drug-likeness (QED) is 0.786. The Kier molecular flexibility index (Phi) is 5.95. The van der Waals surface area contributed by atoms with E-state index in [4.69, 9.17) is 4.74 Å². The minimum atomic E-state index is -0.0709. The fourth-order valence-electron chi connectivity index (χ4n) is 3.90. The molecule has 0 bridgehead atoms. The van der Waals surface area contributed by atoms with Crippen LogP contribution in [0, 0.1) is 31.1 Å². The van der Waals surface area contributed by atoms with Crippen molar-refractivity contribution in [3.63, 3.8) is 0 Å². The van der Waals surface area contributed by atoms with Crippen LogP contribution in [0.2, 0.25) is 0 Å². The van der Waals surface area contributed by atoms with Crippen molar-refractivity contribution in [3.8, 4) is 6.07 Å². The second-order valence-electron chi connectivity index (χ2n) is 7.20. The third-order valence-electron chi connectivity index (χ3n) is 5.14. The largest absolute Gasteiger partial charge is 0.383 e. The van der Waals surface area contributed by atoms with Gasteiger partial charge in [0.05, 0.1) is 35.8 Å². The SMILES string of the molecule is COCCN1C(=O)C[C@@H](CNc2cc(C)nc(C)c2C#N)[C@@H]1c1cnn(C)c1. The fraction of sp³-hybridized carbons (Fsp3) is 0.500. The number of hydrogen-bond donors (Lipinski definition) is 1. The molecule has 8 heteroatoms. The molecule has 0 aliphatic carbocycles. The van der Waals surface area contributed by atoms with Crippen LogP contribution in [0.5, 0.6) is 0 Å². The predicted octanol–water partition coefficient (Wildman–Crippen LogP) is 1.95. The van der Waals surface area contributed by atoms with Crippen molar-refractivity contribution in [2.45, 2.75) is 26.3 Å². The standard InChI is InChI=1S/C20H26N6O2/c1-13-7-18(17(9-21)14(2)24-13)22-10-15-8-19(27)26(5-6-28-4)20(15)16-11-23-25(3)12-16/h7,11-12,15,20H,5-6,8,10H2,1-4H3,(H,22,24)/t15-,20+/m0/s1. The number of pyridine rings is 1. The zero-order valence-electron chi connectivity index (χ0n) is 16.8. The van der Waals surface area contributed by atoms with Crippen LogP contribution in [-0.4, -0.2) is 52.4 Å². The number of carbonyl (C=O) groups is 1. The van der Waals surface area contributed by atoms with Gasteiger partial charge in [0, 0.05) is 57.0 Å². The van der Waals surface area contributed by atoms with E-state index in [1.54, 1.807) is 11.8 Å². The highest BCUT2D eigenvalue weighted by molar-refractivity contribution is 5.80. The van der Waals surface area contributed by atoms with Gasteiger partial charge in [0.1, 0.15) is 6.07 Å². The highest BCUT2D eigenvalue weighted by Crippen LogP contribution is 2.38. The maximum atomic E-state index is 12.7. The Balaban J connectivity index is 1.84. The Bertz CT molecular complexity index is 901. The Morgan fingerprint density at radius 3 is 2.86 bits per heavy atom. The Morgan fingerprint density at radius 1 is 1.43 bits per heavy atom. The van der Waals surface area contributed by atoms with E-state index in [0.29, 0.717) is 37.4 Å². The van der Waals surface area contributed by atoms with E-state index in [1.807, 2.05) is 44.3 Å². The summed E-state index contributed by atoms with van der Waals surface area (Å²) in [4.78, 5) is 18.9. The number of rotatable bonds is 7. The van der Waals surface area contributed by atoms with Crippen LogP contribution in [0.1, 0.15) is 35.0 Å². The van der Waals surface area contributed by atoms with E-state index in [-0.39, 0.29) is 17.9 Å². The summed E-state index contributed by atoms with van der Waals surface area (Å²) in [5, 5.41) is 17.2. The summed E-state index contributed by atoms with van der Waals surface area (Å²) in [5.41, 5.74) is 3.88. The molecule has 2 atom stereocenters. The molecule has 1 aliphatic rings. The zero-order chi connectivity index (χ0) is 20.3. The molecule has 3 rings (SSSR count). The number of methoxy groups -OCH3 is 1. The molecule has 0 radical (unpaired) electrons. The number of nitrogens with one attached hydrogen (secondary N) is 1. The van der Waals surface area contributed by atoms with Crippen LogP contribution in [0.4, 0.5) is 5.69 Å². The molecule has 1 aliphatic heterocycles. The van der Waals surface area contributed by atoms with Crippen molar-refractivity contribution in [1.82, 2.24) is 19.7 Å². The van der Waals surface area contributed by atoms with Gasteiger partial charge >= 0.3 is 0 Å². The average Bonchev–Trinajstić information content (AvgIpc) is 3.20. The van der Waals surface area contributed by atoms with E-state index in [1.165, 1.54) is 0 Å². The van der Waals surface area contributed by atoms with Gasteiger partial charge in [-0.15, -0.1) is 0 Å². The fourth-order valence-corrected chi connectivity index (χ4v) is 3.90. The van der Waals surface area contributed by atoms with Crippen LogP contribution in [0.25, 0.3) is 0 Å². The first-order valence-corrected chi connectivity index (χ1v) is 9.33. The molecule has 2 aromatic rings. The van der Waals surface area contributed by atoms with Crippen molar-refractivity contribution in [3.05, 3.63) is 41.0 Å². The van der Waals surface area contributed by atoms with Crippen LogP contribution >= 0.6 is 0 Å². The summed E-state index contributed by atoms with van der Waals surface area (Å²) in [6.45, 7) is 5.35. The monoisotopic (exact) mass is 382 g/mol. The molecule has 0 unspecified atom stereocenters. The lowest BCUT2D eigenvalue weighted by molar-refractivity contribution is -0.129. The lowest BCUT2D eigenvalue weighted by Gasteiger charge is -2.28. The number of carbonyl (C=O) groups excluding carboxylic acids is 1. The van der Waals surface area contributed by atoms with E-state index in [2.05, 4.69) is 21.5 Å². The summed E-state index contributed by atoms with van der Waals surface area (Å²) in [6, 6.07) is 4.03. The van der Waals surface area contributed by atoms with E-state index in [9.17, 15) is 10.1 Å². The number of nitriles is 1. The summed E-state index contributed by atoms with van der Waals surface area (Å²) >= 11 is 0. The highest BCUT2D eigenvalue weighted by Gasteiger charge is 2.40. The van der Waals surface area contributed by atoms with Gasteiger partial charge in [-0.1, -0.05) is 0 Å². The predicted molar refractivity (Wildman–Crippen MR) is 105 cm³/mol. The second-order valence-corrected chi connectivity index (χ2v) is 7.20. The minimum absolute atomic E-state index is 0.0638. The topological polar surface area (TPSA) is 96.1 Å². The molecule has 1 N–H and O–H groups in total. The molecule has 0 spiro atoms. The lowest BCUT2D eigenvalue weighted by Crippen LogP contribution is -2.33. The number of aryl methyl sites for hydroxylation is 3. The molecule has 28 heavy (non-hydrogen) atoms. The van der Waals surface area contributed by atoms with Crippen LogP contribution in [0.15, 0.2) is 18.5 Å². The first-order valence-electron chi connectivity index (χ1n) is 9.33. The first-order chi connectivity index (χ1) is 13.4. The van der Waals surface area contributed by atoms with Crippen molar-refractivity contribution < 1.29 is 9.53 Å². The number of ether oxygens (including phenoxy) is 1. The lowest BCUT2D eigenvalue weighted by atomic mass is 9.95. The molecule has 148 valence electrons. The van der Waals surface area contributed by atoms with Gasteiger partial charge < -0.3 is 15.0 Å². The van der Waals surface area contributed by atoms with E-state index >= 15 is 0 Å². The Morgan fingerprint density at radius 2 is 2.21 bits per heavy atom. The number of likely N-dealkylation sites (tertiary alicyclic amines) is 1. The summed E-state index contributed by atoms with van der Waals surface area (Å²) < 4.78 is 6.94. The van der Waals surface area contributed by atoms with Gasteiger partial charge in [0.25, 0.3) is 0 Å². The molecule has 3 heterocycles. The number of amides is 1. The molecule has 8 nitrogen and oxygen atoms in total. The summed E-state index contributed by atoms with van der Waals surface area (Å²) in [6.07, 6.45) is 4.22.